The monoisotopic (exact) mass is 782 g/mol. The van der Waals surface area contributed by atoms with Gasteiger partial charge in [0.25, 0.3) is 5.91 Å². The second-order valence-electron chi connectivity index (χ2n) is 11.5. The van der Waals surface area contributed by atoms with E-state index in [0.717, 1.165) is 16.6 Å². The van der Waals surface area contributed by atoms with Crippen molar-refractivity contribution in [3.63, 3.8) is 0 Å². The highest BCUT2D eigenvalue weighted by atomic mass is 35.5. The number of sulfonamides is 1. The summed E-state index contributed by atoms with van der Waals surface area (Å²) in [6, 6.07) is 15.8. The van der Waals surface area contributed by atoms with E-state index >= 15 is 0 Å². The van der Waals surface area contributed by atoms with Gasteiger partial charge in [-0.25, -0.2) is 13.4 Å². The average Bonchev–Trinajstić information content (AvgIpc) is 3.56. The minimum absolute atomic E-state index is 0. The van der Waals surface area contributed by atoms with E-state index < -0.39 is 22.0 Å². The number of nitrogens with two attached hydrogens (primary N) is 1. The van der Waals surface area contributed by atoms with Crippen molar-refractivity contribution in [3.05, 3.63) is 98.7 Å². The van der Waals surface area contributed by atoms with Crippen LogP contribution in [-0.4, -0.2) is 61.0 Å². The molecule has 4 aromatic rings. The number of carbonyl (C=O) groups is 2. The van der Waals surface area contributed by atoms with E-state index in [1.807, 2.05) is 32.0 Å². The van der Waals surface area contributed by atoms with Gasteiger partial charge in [-0.15, -0.1) is 24.8 Å². The summed E-state index contributed by atoms with van der Waals surface area (Å²) in [6.07, 6.45) is 1.29. The predicted molar refractivity (Wildman–Crippen MR) is 201 cm³/mol. The third kappa shape index (κ3) is 8.98. The molecule has 1 unspecified atom stereocenters. The van der Waals surface area contributed by atoms with Gasteiger partial charge in [0.15, 0.2) is 0 Å². The van der Waals surface area contributed by atoms with Crippen LogP contribution in [0.15, 0.2) is 65.6 Å². The zero-order chi connectivity index (χ0) is 34.6. The van der Waals surface area contributed by atoms with Gasteiger partial charge < -0.3 is 21.1 Å². The number of halogens is 4. The number of rotatable bonds is 12. The summed E-state index contributed by atoms with van der Waals surface area (Å²) in [7, 11) is -4.18. The Morgan fingerprint density at radius 3 is 2.40 bits per heavy atom. The van der Waals surface area contributed by atoms with Crippen molar-refractivity contribution >= 4 is 86.6 Å². The molecule has 0 aliphatic carbocycles. The molecule has 1 aliphatic rings. The van der Waals surface area contributed by atoms with Crippen LogP contribution in [0.5, 0.6) is 5.75 Å². The molecular weight excluding hydrogens is 746 g/mol. The number of fused-ring (bicyclic) bond motifs is 1. The van der Waals surface area contributed by atoms with Gasteiger partial charge in [0.2, 0.25) is 15.9 Å². The molecule has 50 heavy (non-hydrogen) atoms. The molecule has 2 amide bonds. The Morgan fingerprint density at radius 1 is 1.02 bits per heavy atom. The van der Waals surface area contributed by atoms with E-state index in [9.17, 15) is 18.0 Å². The minimum atomic E-state index is -4.18. The van der Waals surface area contributed by atoms with Gasteiger partial charge in [-0.05, 0) is 75.1 Å². The number of nitrogens with zero attached hydrogens (tertiary/aromatic N) is 2. The number of nitrogen functional groups attached to an aromatic ring is 1. The van der Waals surface area contributed by atoms with Crippen LogP contribution in [0.3, 0.4) is 0 Å². The number of amidine groups is 1. The van der Waals surface area contributed by atoms with Crippen molar-refractivity contribution in [2.75, 3.05) is 19.6 Å². The second-order valence-corrected chi connectivity index (χ2v) is 14.2. The quantitative estimate of drug-likeness (QED) is 0.0782. The molecule has 0 saturated carbocycles. The smallest absolute Gasteiger partial charge is 0.251 e. The molecule has 1 fully saturated rings. The van der Waals surface area contributed by atoms with Crippen molar-refractivity contribution in [2.24, 2.45) is 5.73 Å². The van der Waals surface area contributed by atoms with Crippen molar-refractivity contribution in [1.82, 2.24) is 19.9 Å². The molecule has 1 saturated heterocycles. The lowest BCUT2D eigenvalue weighted by atomic mass is 10.1. The van der Waals surface area contributed by atoms with Gasteiger partial charge in [-0.3, -0.25) is 15.0 Å². The number of nitrogens with one attached hydrogen (secondary N) is 3. The average molecular weight is 785 g/mol. The van der Waals surface area contributed by atoms with Gasteiger partial charge in [0.05, 0.1) is 5.02 Å². The fourth-order valence-corrected chi connectivity index (χ4v) is 8.19. The Bertz CT molecular complexity index is 2000. The summed E-state index contributed by atoms with van der Waals surface area (Å²) >= 11 is 13.2. The Hall–Kier alpha value is -3.65. The van der Waals surface area contributed by atoms with E-state index in [1.54, 1.807) is 30.3 Å². The fraction of sp³-hybridized carbons (Fsp3) is 0.294. The van der Waals surface area contributed by atoms with Crippen LogP contribution in [0, 0.1) is 19.3 Å². The van der Waals surface area contributed by atoms with Crippen molar-refractivity contribution in [1.29, 1.82) is 5.41 Å². The number of amides is 2. The van der Waals surface area contributed by atoms with Crippen molar-refractivity contribution < 1.29 is 22.7 Å². The SMILES string of the molecule is Cc1cc(C)c2cccc(OCc3c(Cl)ccc(S(=O)(=O)N4CCCC4C(=O)NCCCNC(=O)c4ccc(C(=N)N)cc4)c3Cl)c2n1.Cl.Cl. The first-order valence-electron chi connectivity index (χ1n) is 15.4. The van der Waals surface area contributed by atoms with E-state index in [4.69, 9.17) is 39.1 Å². The molecule has 11 nitrogen and oxygen atoms in total. The minimum Gasteiger partial charge on any atom is -0.487 e. The van der Waals surface area contributed by atoms with Crippen molar-refractivity contribution in [3.8, 4) is 5.75 Å². The lowest BCUT2D eigenvalue weighted by Gasteiger charge is -2.24. The van der Waals surface area contributed by atoms with Gasteiger partial charge in [-0.2, -0.15) is 4.31 Å². The number of ether oxygens (including phenoxy) is 1. The summed E-state index contributed by atoms with van der Waals surface area (Å²) in [5.74, 6) is -0.297. The first kappa shape index (κ1) is 40.8. The van der Waals surface area contributed by atoms with Crippen LogP contribution < -0.4 is 21.1 Å². The van der Waals surface area contributed by atoms with Gasteiger partial charge in [-0.1, -0.05) is 47.5 Å². The summed E-state index contributed by atoms with van der Waals surface area (Å²) in [5, 5.41) is 14.1. The van der Waals surface area contributed by atoms with Crippen molar-refractivity contribution in [2.45, 2.75) is 50.7 Å². The van der Waals surface area contributed by atoms with Crippen LogP contribution >= 0.6 is 48.0 Å². The van der Waals surface area contributed by atoms with E-state index in [-0.39, 0.29) is 71.2 Å². The Balaban J connectivity index is 0.00000338. The molecule has 5 N–H and O–H groups in total. The molecule has 0 spiro atoms. The summed E-state index contributed by atoms with van der Waals surface area (Å²) in [4.78, 5) is 30.0. The van der Waals surface area contributed by atoms with Gasteiger partial charge in [0.1, 0.15) is 34.6 Å². The summed E-state index contributed by atoms with van der Waals surface area (Å²) in [5.41, 5.74) is 9.26. The number of hydrogen-bond donors (Lipinski definition) is 4. The standard InChI is InChI=1S/C34H36Cl2N6O5S.2ClH/c1-20-18-21(2)41-31-24(20)6-3-8-28(31)47-19-25-26(35)13-14-29(30(25)36)48(45,46)42-17-4-7-27(42)34(44)40-16-5-15-39-33(43)23-11-9-22(10-12-23)32(37)38;;/h3,6,8-14,18,27H,4-5,7,15-17,19H2,1-2H3,(H3,37,38)(H,39,43)(H,40,44);2*1H. The first-order valence-corrected chi connectivity index (χ1v) is 17.6. The Labute approximate surface area is 313 Å². The molecule has 1 atom stereocenters. The first-order chi connectivity index (χ1) is 22.9. The van der Waals surface area contributed by atoms with Gasteiger partial charge >= 0.3 is 0 Å². The lowest BCUT2D eigenvalue weighted by Crippen LogP contribution is -2.46. The largest absolute Gasteiger partial charge is 0.487 e. The maximum Gasteiger partial charge on any atom is 0.251 e. The number of aryl methyl sites for hydroxylation is 2. The maximum absolute atomic E-state index is 13.9. The third-order valence-corrected chi connectivity index (χ3v) is 11.0. The zero-order valence-corrected chi connectivity index (χ0v) is 31.3. The molecule has 3 aromatic carbocycles. The molecule has 5 rings (SSSR count). The van der Waals surface area contributed by atoms with Crippen LogP contribution in [-0.2, 0) is 21.4 Å². The highest BCUT2D eigenvalue weighted by molar-refractivity contribution is 7.89. The highest BCUT2D eigenvalue weighted by Crippen LogP contribution is 2.36. The summed E-state index contributed by atoms with van der Waals surface area (Å²) < 4.78 is 35.1. The molecule has 0 bridgehead atoms. The number of aromatic nitrogens is 1. The maximum atomic E-state index is 13.9. The molecule has 1 aromatic heterocycles. The zero-order valence-electron chi connectivity index (χ0n) is 27.3. The second kappa shape index (κ2) is 17.5. The third-order valence-electron chi connectivity index (χ3n) is 8.15. The molecule has 0 radical (unpaired) electrons. The lowest BCUT2D eigenvalue weighted by molar-refractivity contribution is -0.124. The number of carbonyl (C=O) groups excluding carboxylic acids is 2. The van der Waals surface area contributed by atoms with E-state index in [0.29, 0.717) is 53.8 Å². The number of pyridine rings is 1. The highest BCUT2D eigenvalue weighted by Gasteiger charge is 2.40. The topological polar surface area (TPSA) is 168 Å². The number of hydrogen-bond acceptors (Lipinski definition) is 7. The number of para-hydroxylation sites is 1. The van der Waals surface area contributed by atoms with E-state index in [1.165, 1.54) is 16.4 Å². The van der Waals surface area contributed by atoms with Crippen LogP contribution in [0.2, 0.25) is 10.0 Å². The molecule has 268 valence electrons. The van der Waals surface area contributed by atoms with Crippen LogP contribution in [0.1, 0.15) is 52.0 Å². The van der Waals surface area contributed by atoms with Crippen LogP contribution in [0.25, 0.3) is 10.9 Å². The van der Waals surface area contributed by atoms with E-state index in [2.05, 4.69) is 15.6 Å². The normalized spacial score (nSPS) is 14.4. The fourth-order valence-electron chi connectivity index (χ4n) is 5.67. The summed E-state index contributed by atoms with van der Waals surface area (Å²) in [6.45, 7) is 4.48. The Morgan fingerprint density at radius 2 is 1.70 bits per heavy atom. The molecular formula is C34H38Cl4N6O5S. The molecule has 16 heteroatoms. The Kier molecular flexibility index (Phi) is 14.3. The number of benzene rings is 3. The van der Waals surface area contributed by atoms with Crippen LogP contribution in [0.4, 0.5) is 0 Å². The predicted octanol–water partition coefficient (Wildman–Crippen LogP) is 5.95. The molecule has 2 heterocycles. The van der Waals surface area contributed by atoms with Gasteiger partial charge in [0, 0.05) is 52.4 Å². The molecule has 1 aliphatic heterocycles.